The van der Waals surface area contributed by atoms with Crippen molar-refractivity contribution in [1.82, 2.24) is 4.98 Å². The Kier molecular flexibility index (Phi) is 3.68. The number of carbonyl (C=O) groups excluding carboxylic acids is 1. The van der Waals surface area contributed by atoms with Crippen molar-refractivity contribution < 1.29 is 9.53 Å². The fourth-order valence-corrected chi connectivity index (χ4v) is 1.62. The molecule has 0 saturated carbocycles. The van der Waals surface area contributed by atoms with Gasteiger partial charge in [-0.3, -0.25) is 5.32 Å². The first-order valence-corrected chi connectivity index (χ1v) is 5.73. The van der Waals surface area contributed by atoms with Crippen molar-refractivity contribution in [2.75, 3.05) is 5.32 Å². The summed E-state index contributed by atoms with van der Waals surface area (Å²) in [5.41, 5.74) is -0.478. The molecule has 1 rings (SSSR count). The molecule has 0 atom stereocenters. The Labute approximate surface area is 93.7 Å². The van der Waals surface area contributed by atoms with Gasteiger partial charge in [-0.2, -0.15) is 0 Å². The zero-order valence-electron chi connectivity index (χ0n) is 9.46. The lowest BCUT2D eigenvalue weighted by molar-refractivity contribution is 0.0635. The highest BCUT2D eigenvalue weighted by Gasteiger charge is 2.16. The highest BCUT2D eigenvalue weighted by Crippen LogP contribution is 2.15. The molecule has 1 heterocycles. The summed E-state index contributed by atoms with van der Waals surface area (Å²) in [6.45, 7) is 7.50. The van der Waals surface area contributed by atoms with E-state index in [0.717, 1.165) is 11.4 Å². The zero-order valence-corrected chi connectivity index (χ0v) is 10.3. The average Bonchev–Trinajstić information content (AvgIpc) is 2.48. The van der Waals surface area contributed by atoms with Crippen molar-refractivity contribution in [3.8, 4) is 0 Å². The summed E-state index contributed by atoms with van der Waals surface area (Å²) in [4.78, 5) is 15.6. The van der Waals surface area contributed by atoms with Crippen molar-refractivity contribution in [3.05, 3.63) is 10.4 Å². The lowest BCUT2D eigenvalue weighted by atomic mass is 10.2. The van der Waals surface area contributed by atoms with Gasteiger partial charge in [0.2, 0.25) is 0 Å². The predicted octanol–water partition coefficient (Wildman–Crippen LogP) is 3.05. The molecular formula is C10H16N2O2S. The van der Waals surface area contributed by atoms with Crippen LogP contribution in [0.5, 0.6) is 0 Å². The molecule has 0 bridgehead atoms. The summed E-state index contributed by atoms with van der Waals surface area (Å²) < 4.78 is 5.10. The van der Waals surface area contributed by atoms with Crippen LogP contribution in [0.3, 0.4) is 0 Å². The van der Waals surface area contributed by atoms with Crippen molar-refractivity contribution in [2.24, 2.45) is 0 Å². The van der Waals surface area contributed by atoms with Crippen LogP contribution in [0.25, 0.3) is 0 Å². The van der Waals surface area contributed by atoms with Crippen LogP contribution >= 0.6 is 11.3 Å². The molecule has 5 heteroatoms. The third-order valence-electron chi connectivity index (χ3n) is 1.48. The van der Waals surface area contributed by atoms with Gasteiger partial charge in [0.1, 0.15) is 11.4 Å². The van der Waals surface area contributed by atoms with E-state index in [2.05, 4.69) is 10.3 Å². The molecule has 0 radical (unpaired) electrons. The number of nitrogens with one attached hydrogen (secondary N) is 1. The molecule has 0 spiro atoms. The first-order chi connectivity index (χ1) is 6.90. The molecule has 0 aliphatic rings. The van der Waals surface area contributed by atoms with Crippen LogP contribution in [0.2, 0.25) is 0 Å². The van der Waals surface area contributed by atoms with Gasteiger partial charge < -0.3 is 4.74 Å². The topological polar surface area (TPSA) is 51.2 Å². The summed E-state index contributed by atoms with van der Waals surface area (Å²) in [6.07, 6.45) is 0.413. The quantitative estimate of drug-likeness (QED) is 0.846. The summed E-state index contributed by atoms with van der Waals surface area (Å²) >= 11 is 1.53. The highest BCUT2D eigenvalue weighted by atomic mass is 32.1. The summed E-state index contributed by atoms with van der Waals surface area (Å²) in [5.74, 6) is 0.561. The first kappa shape index (κ1) is 12.0. The lowest BCUT2D eigenvalue weighted by Gasteiger charge is -2.19. The number of hydrogen-bond donors (Lipinski definition) is 1. The normalized spacial score (nSPS) is 11.2. The third-order valence-corrected chi connectivity index (χ3v) is 2.48. The fraction of sp³-hybridized carbons (Fsp3) is 0.600. The monoisotopic (exact) mass is 228 g/mol. The van der Waals surface area contributed by atoms with E-state index >= 15 is 0 Å². The SMILES string of the molecule is CCc1nc(NC(=O)OC(C)(C)C)cs1. The summed E-state index contributed by atoms with van der Waals surface area (Å²) in [5, 5.41) is 5.40. The second-order valence-corrected chi connectivity index (χ2v) is 5.05. The van der Waals surface area contributed by atoms with Crippen LogP contribution in [0, 0.1) is 0 Å². The molecule has 0 aliphatic carbocycles. The number of amides is 1. The molecule has 15 heavy (non-hydrogen) atoms. The number of anilines is 1. The lowest BCUT2D eigenvalue weighted by Crippen LogP contribution is -2.27. The number of aromatic nitrogens is 1. The molecule has 0 fully saturated rings. The second kappa shape index (κ2) is 4.61. The molecule has 0 saturated heterocycles. The van der Waals surface area contributed by atoms with Gasteiger partial charge >= 0.3 is 6.09 Å². The molecule has 0 aromatic carbocycles. The van der Waals surface area contributed by atoms with E-state index in [1.165, 1.54) is 11.3 Å². The first-order valence-electron chi connectivity index (χ1n) is 4.85. The standard InChI is InChI=1S/C10H16N2O2S/c1-5-8-11-7(6-15-8)12-9(13)14-10(2,3)4/h6H,5H2,1-4H3,(H,12,13). The number of rotatable bonds is 2. The maximum Gasteiger partial charge on any atom is 0.413 e. The van der Waals surface area contributed by atoms with Gasteiger partial charge in [-0.1, -0.05) is 6.92 Å². The van der Waals surface area contributed by atoms with E-state index in [9.17, 15) is 4.79 Å². The molecule has 1 aromatic heterocycles. The fourth-order valence-electron chi connectivity index (χ4n) is 0.939. The molecule has 1 aromatic rings. The van der Waals surface area contributed by atoms with E-state index in [1.807, 2.05) is 33.1 Å². The Morgan fingerprint density at radius 2 is 2.27 bits per heavy atom. The zero-order chi connectivity index (χ0) is 11.5. The van der Waals surface area contributed by atoms with E-state index in [1.54, 1.807) is 0 Å². The van der Waals surface area contributed by atoms with Crippen LogP contribution in [0.15, 0.2) is 5.38 Å². The van der Waals surface area contributed by atoms with Crippen molar-refractivity contribution >= 4 is 23.2 Å². The minimum atomic E-state index is -0.478. The van der Waals surface area contributed by atoms with Gasteiger partial charge in [0.25, 0.3) is 0 Å². The number of nitrogens with zero attached hydrogens (tertiary/aromatic N) is 1. The van der Waals surface area contributed by atoms with Crippen LogP contribution in [0.1, 0.15) is 32.7 Å². The van der Waals surface area contributed by atoms with Crippen molar-refractivity contribution in [2.45, 2.75) is 39.7 Å². The van der Waals surface area contributed by atoms with Crippen LogP contribution in [-0.2, 0) is 11.2 Å². The number of thiazole rings is 1. The largest absolute Gasteiger partial charge is 0.444 e. The molecule has 84 valence electrons. The van der Waals surface area contributed by atoms with Gasteiger partial charge in [-0.25, -0.2) is 9.78 Å². The average molecular weight is 228 g/mol. The second-order valence-electron chi connectivity index (χ2n) is 4.11. The van der Waals surface area contributed by atoms with Gasteiger partial charge in [-0.05, 0) is 27.2 Å². The maximum atomic E-state index is 11.4. The van der Waals surface area contributed by atoms with Gasteiger partial charge in [0.15, 0.2) is 0 Å². The Bertz CT molecular complexity index is 341. The highest BCUT2D eigenvalue weighted by molar-refractivity contribution is 7.10. The predicted molar refractivity (Wildman–Crippen MR) is 61.3 cm³/mol. The van der Waals surface area contributed by atoms with E-state index in [0.29, 0.717) is 5.82 Å². The Morgan fingerprint density at radius 1 is 1.60 bits per heavy atom. The summed E-state index contributed by atoms with van der Waals surface area (Å²) in [7, 11) is 0. The van der Waals surface area contributed by atoms with Crippen LogP contribution in [-0.4, -0.2) is 16.7 Å². The van der Waals surface area contributed by atoms with E-state index in [-0.39, 0.29) is 0 Å². The van der Waals surface area contributed by atoms with Crippen LogP contribution in [0.4, 0.5) is 10.6 Å². The Balaban J connectivity index is 2.51. The summed E-state index contributed by atoms with van der Waals surface area (Å²) in [6, 6.07) is 0. The smallest absolute Gasteiger partial charge is 0.413 e. The van der Waals surface area contributed by atoms with E-state index in [4.69, 9.17) is 4.74 Å². The minimum Gasteiger partial charge on any atom is -0.444 e. The van der Waals surface area contributed by atoms with Crippen molar-refractivity contribution in [1.29, 1.82) is 0 Å². The molecule has 1 amide bonds. The van der Waals surface area contributed by atoms with Gasteiger partial charge in [0.05, 0.1) is 5.01 Å². The molecule has 0 unspecified atom stereocenters. The Morgan fingerprint density at radius 3 is 2.73 bits per heavy atom. The minimum absolute atomic E-state index is 0.463. The van der Waals surface area contributed by atoms with E-state index < -0.39 is 11.7 Å². The van der Waals surface area contributed by atoms with Gasteiger partial charge in [0, 0.05) is 5.38 Å². The number of hydrogen-bond acceptors (Lipinski definition) is 4. The molecular weight excluding hydrogens is 212 g/mol. The number of aryl methyl sites for hydroxylation is 1. The Hall–Kier alpha value is -1.10. The van der Waals surface area contributed by atoms with Crippen molar-refractivity contribution in [3.63, 3.8) is 0 Å². The van der Waals surface area contributed by atoms with Gasteiger partial charge in [-0.15, -0.1) is 11.3 Å². The maximum absolute atomic E-state index is 11.4. The molecule has 4 nitrogen and oxygen atoms in total. The number of carbonyl (C=O) groups is 1. The molecule has 0 aliphatic heterocycles. The van der Waals surface area contributed by atoms with Crippen LogP contribution < -0.4 is 5.32 Å². The number of ether oxygens (including phenoxy) is 1. The molecule has 1 N–H and O–H groups in total. The third kappa shape index (κ3) is 4.29.